The average Bonchev–Trinajstić information content (AvgIpc) is 3.08. The van der Waals surface area contributed by atoms with Gasteiger partial charge < -0.3 is 19.1 Å². The third kappa shape index (κ3) is 3.90. The van der Waals surface area contributed by atoms with Crippen LogP contribution in [0.1, 0.15) is 26.3 Å². The summed E-state index contributed by atoms with van der Waals surface area (Å²) in [7, 11) is 0. The molecule has 1 aliphatic heterocycles. The first-order valence-corrected chi connectivity index (χ1v) is 8.51. The fourth-order valence-electron chi connectivity index (χ4n) is 2.81. The highest BCUT2D eigenvalue weighted by Crippen LogP contribution is 2.33. The van der Waals surface area contributed by atoms with Gasteiger partial charge in [-0.1, -0.05) is 6.07 Å². The number of hydrogen-bond donors (Lipinski definition) is 0. The van der Waals surface area contributed by atoms with Crippen molar-refractivity contribution in [2.45, 2.75) is 32.9 Å². The average molecular weight is 359 g/mol. The molecule has 0 spiro atoms. The highest BCUT2D eigenvalue weighted by molar-refractivity contribution is 5.84. The van der Waals surface area contributed by atoms with Crippen molar-refractivity contribution in [2.24, 2.45) is 0 Å². The Bertz CT molecular complexity index is 789. The summed E-state index contributed by atoms with van der Waals surface area (Å²) >= 11 is 0. The van der Waals surface area contributed by atoms with Crippen LogP contribution in [-0.2, 0) is 11.3 Å². The second-order valence-corrected chi connectivity index (χ2v) is 6.57. The van der Waals surface area contributed by atoms with E-state index in [0.717, 1.165) is 5.56 Å². The van der Waals surface area contributed by atoms with Crippen LogP contribution in [0.25, 0.3) is 0 Å². The zero-order valence-corrected chi connectivity index (χ0v) is 15.1. The number of carbonyl (C=O) groups is 1. The molecule has 138 valence electrons. The normalized spacial score (nSPS) is 12.8. The van der Waals surface area contributed by atoms with Crippen molar-refractivity contribution in [3.05, 3.63) is 53.8 Å². The van der Waals surface area contributed by atoms with Crippen LogP contribution >= 0.6 is 0 Å². The lowest BCUT2D eigenvalue weighted by atomic mass is 10.1. The molecule has 1 heterocycles. The molecule has 0 saturated heterocycles. The van der Waals surface area contributed by atoms with E-state index in [1.807, 2.05) is 25.1 Å². The monoisotopic (exact) mass is 359 g/mol. The van der Waals surface area contributed by atoms with Crippen LogP contribution in [-0.4, -0.2) is 29.7 Å². The summed E-state index contributed by atoms with van der Waals surface area (Å²) in [6.07, 6.45) is 0. The van der Waals surface area contributed by atoms with Crippen LogP contribution in [0.2, 0.25) is 0 Å². The number of ether oxygens (including phenoxy) is 3. The molecule has 0 atom stereocenters. The molecule has 0 aromatic heterocycles. The van der Waals surface area contributed by atoms with E-state index in [1.54, 1.807) is 18.7 Å². The number of amides is 1. The molecular weight excluding hydrogens is 337 g/mol. The zero-order valence-electron chi connectivity index (χ0n) is 15.1. The second kappa shape index (κ2) is 7.23. The molecule has 1 aliphatic rings. The van der Waals surface area contributed by atoms with Gasteiger partial charge in [0.2, 0.25) is 6.79 Å². The minimum Gasteiger partial charge on any atom is -0.478 e. The number of hydrogen-bond acceptors (Lipinski definition) is 4. The number of benzene rings is 2. The van der Waals surface area contributed by atoms with E-state index >= 15 is 0 Å². The lowest BCUT2D eigenvalue weighted by molar-refractivity contribution is -0.145. The van der Waals surface area contributed by atoms with Gasteiger partial charge in [0.15, 0.2) is 17.1 Å². The minimum atomic E-state index is -1.08. The molecule has 5 nitrogen and oxygen atoms in total. The second-order valence-electron chi connectivity index (χ2n) is 6.57. The van der Waals surface area contributed by atoms with Crippen molar-refractivity contribution in [3.63, 3.8) is 0 Å². The first-order chi connectivity index (χ1) is 12.4. The first kappa shape index (κ1) is 18.0. The molecule has 3 rings (SSSR count). The van der Waals surface area contributed by atoms with Crippen molar-refractivity contribution in [2.75, 3.05) is 13.3 Å². The Labute approximate surface area is 152 Å². The highest BCUT2D eigenvalue weighted by atomic mass is 19.1. The third-order valence-electron chi connectivity index (χ3n) is 4.18. The largest absolute Gasteiger partial charge is 0.478 e. The predicted molar refractivity (Wildman–Crippen MR) is 94.8 cm³/mol. The molecule has 0 radical (unpaired) electrons. The molecule has 0 saturated carbocycles. The van der Waals surface area contributed by atoms with Gasteiger partial charge in [0.05, 0.1) is 0 Å². The predicted octanol–water partition coefficient (Wildman–Crippen LogP) is 3.76. The summed E-state index contributed by atoms with van der Waals surface area (Å²) in [6.45, 7) is 6.51. The standard InChI is InChI=1S/C20H22FNO4/c1-4-22(12-14-5-10-17-18(11-14)25-13-24-17)19(23)20(2,3)26-16-8-6-15(21)7-9-16/h5-11H,4,12-13H2,1-3H3. The van der Waals surface area contributed by atoms with Crippen molar-refractivity contribution < 1.29 is 23.4 Å². The molecule has 2 aromatic rings. The lowest BCUT2D eigenvalue weighted by Gasteiger charge is -2.32. The van der Waals surface area contributed by atoms with Gasteiger partial charge in [-0.2, -0.15) is 0 Å². The summed E-state index contributed by atoms with van der Waals surface area (Å²) in [5, 5.41) is 0. The number of halogens is 1. The van der Waals surface area contributed by atoms with Gasteiger partial charge in [-0.25, -0.2) is 4.39 Å². The van der Waals surface area contributed by atoms with E-state index in [4.69, 9.17) is 14.2 Å². The van der Waals surface area contributed by atoms with Gasteiger partial charge in [0, 0.05) is 13.1 Å². The first-order valence-electron chi connectivity index (χ1n) is 8.51. The Hall–Kier alpha value is -2.76. The van der Waals surface area contributed by atoms with E-state index in [9.17, 15) is 9.18 Å². The molecule has 1 amide bonds. The van der Waals surface area contributed by atoms with E-state index in [0.29, 0.717) is 30.3 Å². The van der Waals surface area contributed by atoms with Crippen molar-refractivity contribution in [1.82, 2.24) is 4.90 Å². The van der Waals surface area contributed by atoms with Crippen LogP contribution < -0.4 is 14.2 Å². The fourth-order valence-corrected chi connectivity index (χ4v) is 2.81. The van der Waals surface area contributed by atoms with Gasteiger partial charge in [-0.05, 0) is 62.7 Å². The molecule has 0 bridgehead atoms. The maximum absolute atomic E-state index is 13.0. The number of carbonyl (C=O) groups excluding carboxylic acids is 1. The molecule has 6 heteroatoms. The van der Waals surface area contributed by atoms with E-state index in [-0.39, 0.29) is 18.5 Å². The summed E-state index contributed by atoms with van der Waals surface area (Å²) in [6, 6.07) is 11.3. The van der Waals surface area contributed by atoms with Crippen LogP contribution in [0.15, 0.2) is 42.5 Å². The number of nitrogens with zero attached hydrogens (tertiary/aromatic N) is 1. The highest BCUT2D eigenvalue weighted by Gasteiger charge is 2.34. The van der Waals surface area contributed by atoms with Gasteiger partial charge >= 0.3 is 0 Å². The number of likely N-dealkylation sites (N-methyl/N-ethyl adjacent to an activating group) is 1. The maximum Gasteiger partial charge on any atom is 0.266 e. The van der Waals surface area contributed by atoms with Gasteiger partial charge in [-0.3, -0.25) is 4.79 Å². The topological polar surface area (TPSA) is 48.0 Å². The van der Waals surface area contributed by atoms with Crippen LogP contribution in [0.5, 0.6) is 17.2 Å². The van der Waals surface area contributed by atoms with Gasteiger partial charge in [-0.15, -0.1) is 0 Å². The molecule has 0 aliphatic carbocycles. The molecule has 0 N–H and O–H groups in total. The van der Waals surface area contributed by atoms with Crippen LogP contribution in [0.3, 0.4) is 0 Å². The lowest BCUT2D eigenvalue weighted by Crippen LogP contribution is -2.48. The Morgan fingerprint density at radius 1 is 1.15 bits per heavy atom. The Morgan fingerprint density at radius 2 is 1.85 bits per heavy atom. The summed E-state index contributed by atoms with van der Waals surface area (Å²) in [5.41, 5.74) is -0.133. The SMILES string of the molecule is CCN(Cc1ccc2c(c1)OCO2)C(=O)C(C)(C)Oc1ccc(F)cc1. The molecule has 26 heavy (non-hydrogen) atoms. The van der Waals surface area contributed by atoms with E-state index in [1.165, 1.54) is 24.3 Å². The van der Waals surface area contributed by atoms with E-state index in [2.05, 4.69) is 0 Å². The quantitative estimate of drug-likeness (QED) is 0.788. The van der Waals surface area contributed by atoms with Crippen molar-refractivity contribution in [1.29, 1.82) is 0 Å². The fraction of sp³-hybridized carbons (Fsp3) is 0.350. The third-order valence-corrected chi connectivity index (χ3v) is 4.18. The minimum absolute atomic E-state index is 0.151. The van der Waals surface area contributed by atoms with Crippen molar-refractivity contribution in [3.8, 4) is 17.2 Å². The van der Waals surface area contributed by atoms with Crippen molar-refractivity contribution >= 4 is 5.91 Å². The molecule has 0 unspecified atom stereocenters. The summed E-state index contributed by atoms with van der Waals surface area (Å²) in [4.78, 5) is 14.7. The van der Waals surface area contributed by atoms with Crippen LogP contribution in [0.4, 0.5) is 4.39 Å². The van der Waals surface area contributed by atoms with Crippen LogP contribution in [0, 0.1) is 5.82 Å². The molecule has 0 fully saturated rings. The summed E-state index contributed by atoms with van der Waals surface area (Å²) in [5.74, 6) is 1.35. The zero-order chi connectivity index (χ0) is 18.7. The number of rotatable bonds is 6. The van der Waals surface area contributed by atoms with E-state index < -0.39 is 5.60 Å². The number of fused-ring (bicyclic) bond motifs is 1. The Balaban J connectivity index is 1.71. The Morgan fingerprint density at radius 3 is 2.54 bits per heavy atom. The Kier molecular flexibility index (Phi) is 5.02. The molecule has 2 aromatic carbocycles. The smallest absolute Gasteiger partial charge is 0.266 e. The van der Waals surface area contributed by atoms with Gasteiger partial charge in [0.1, 0.15) is 11.6 Å². The molecular formula is C20H22FNO4. The maximum atomic E-state index is 13.0. The summed E-state index contributed by atoms with van der Waals surface area (Å²) < 4.78 is 29.6. The van der Waals surface area contributed by atoms with Gasteiger partial charge in [0.25, 0.3) is 5.91 Å².